The molecular formula is C25H23N3O3S. The van der Waals surface area contributed by atoms with Crippen molar-refractivity contribution in [1.82, 2.24) is 14.3 Å². The van der Waals surface area contributed by atoms with Crippen LogP contribution >= 0.6 is 0 Å². The minimum atomic E-state index is -3.87. The van der Waals surface area contributed by atoms with E-state index in [1.807, 2.05) is 54.6 Å². The summed E-state index contributed by atoms with van der Waals surface area (Å²) in [4.78, 5) is 8.80. The lowest BCUT2D eigenvalue weighted by atomic mass is 10.0. The molecule has 0 radical (unpaired) electrons. The average molecular weight is 446 g/mol. The molecule has 2 aromatic heterocycles. The first-order valence-corrected chi connectivity index (χ1v) is 12.0. The second kappa shape index (κ2) is 8.78. The van der Waals surface area contributed by atoms with Crippen LogP contribution < -0.4 is 0 Å². The van der Waals surface area contributed by atoms with Crippen molar-refractivity contribution in [3.63, 3.8) is 0 Å². The highest BCUT2D eigenvalue weighted by atomic mass is 32.2. The van der Waals surface area contributed by atoms with Crippen LogP contribution in [0.3, 0.4) is 0 Å². The van der Waals surface area contributed by atoms with Crippen molar-refractivity contribution in [3.05, 3.63) is 102 Å². The molecule has 0 saturated heterocycles. The minimum absolute atomic E-state index is 0.213. The first kappa shape index (κ1) is 20.8. The molecule has 7 heteroatoms. The van der Waals surface area contributed by atoms with Crippen LogP contribution in [0, 0.1) is 0 Å². The minimum Gasteiger partial charge on any atom is -0.375 e. The Labute approximate surface area is 187 Å². The van der Waals surface area contributed by atoms with E-state index < -0.39 is 10.0 Å². The van der Waals surface area contributed by atoms with Crippen molar-refractivity contribution in [2.75, 3.05) is 6.61 Å². The fraction of sp³-hybridized carbons (Fsp3) is 0.200. The molecule has 0 bridgehead atoms. The number of sulfonamides is 1. The van der Waals surface area contributed by atoms with Crippen LogP contribution in [0.2, 0.25) is 0 Å². The zero-order valence-corrected chi connectivity index (χ0v) is 18.3. The summed E-state index contributed by atoms with van der Waals surface area (Å²) in [7, 11) is -3.87. The van der Waals surface area contributed by atoms with E-state index in [0.717, 1.165) is 22.1 Å². The van der Waals surface area contributed by atoms with Gasteiger partial charge in [0, 0.05) is 30.5 Å². The van der Waals surface area contributed by atoms with Gasteiger partial charge in [0.2, 0.25) is 10.0 Å². The predicted octanol–water partition coefficient (Wildman–Crippen LogP) is 3.96. The summed E-state index contributed by atoms with van der Waals surface area (Å²) in [5, 5.41) is 0.793. The van der Waals surface area contributed by atoms with Crippen LogP contribution in [-0.4, -0.2) is 35.3 Å². The normalized spacial score (nSPS) is 17.4. The quantitative estimate of drug-likeness (QED) is 0.475. The van der Waals surface area contributed by atoms with E-state index >= 15 is 0 Å². The molecule has 0 unspecified atom stereocenters. The number of rotatable bonds is 4. The molecule has 0 aliphatic carbocycles. The first-order valence-electron chi connectivity index (χ1n) is 10.5. The van der Waals surface area contributed by atoms with Crippen molar-refractivity contribution in [3.8, 4) is 0 Å². The van der Waals surface area contributed by atoms with Gasteiger partial charge in [-0.05, 0) is 41.3 Å². The van der Waals surface area contributed by atoms with E-state index in [1.54, 1.807) is 35.0 Å². The van der Waals surface area contributed by atoms with Gasteiger partial charge in [0.05, 0.1) is 24.8 Å². The highest BCUT2D eigenvalue weighted by molar-refractivity contribution is 7.89. The number of ether oxygens (including phenoxy) is 1. The highest BCUT2D eigenvalue weighted by Gasteiger charge is 2.35. The zero-order chi connectivity index (χ0) is 22.0. The molecule has 1 aliphatic heterocycles. The zero-order valence-electron chi connectivity index (χ0n) is 17.5. The van der Waals surface area contributed by atoms with Crippen molar-refractivity contribution in [1.29, 1.82) is 0 Å². The van der Waals surface area contributed by atoms with E-state index in [4.69, 9.17) is 4.74 Å². The van der Waals surface area contributed by atoms with Crippen LogP contribution in [0.15, 0.2) is 90.2 Å². The molecular weight excluding hydrogens is 422 g/mol. The Morgan fingerprint density at radius 2 is 1.75 bits per heavy atom. The van der Waals surface area contributed by atoms with E-state index in [-0.39, 0.29) is 17.5 Å². The Morgan fingerprint density at radius 3 is 2.59 bits per heavy atom. The lowest BCUT2D eigenvalue weighted by Gasteiger charge is -2.33. The second-order valence-corrected chi connectivity index (χ2v) is 9.74. The molecule has 1 aliphatic rings. The van der Waals surface area contributed by atoms with E-state index in [0.29, 0.717) is 25.2 Å². The van der Waals surface area contributed by atoms with Gasteiger partial charge in [0.15, 0.2) is 0 Å². The summed E-state index contributed by atoms with van der Waals surface area (Å²) in [6, 6.07) is 20.2. The van der Waals surface area contributed by atoms with Gasteiger partial charge in [-0.2, -0.15) is 4.31 Å². The maximum Gasteiger partial charge on any atom is 0.245 e. The molecule has 3 heterocycles. The second-order valence-electron chi connectivity index (χ2n) is 7.88. The van der Waals surface area contributed by atoms with Crippen molar-refractivity contribution < 1.29 is 13.2 Å². The van der Waals surface area contributed by atoms with Gasteiger partial charge in [0.1, 0.15) is 4.90 Å². The molecule has 0 N–H and O–H groups in total. The lowest BCUT2D eigenvalue weighted by molar-refractivity contribution is 0.0674. The fourth-order valence-electron chi connectivity index (χ4n) is 4.18. The Kier molecular flexibility index (Phi) is 5.70. The number of fused-ring (bicyclic) bond motifs is 2. The van der Waals surface area contributed by atoms with Gasteiger partial charge >= 0.3 is 0 Å². The van der Waals surface area contributed by atoms with Gasteiger partial charge in [-0.3, -0.25) is 9.97 Å². The standard InChI is InChI=1S/C25H23N3O3S/c29-32(30,24-11-3-9-20-10-5-13-27-25(20)24)28-16-21-7-1-2-8-22(21)17-31-18-23(28)14-19-6-4-12-26-15-19/h1-13,15,23H,14,16-18H2/t23-/m1/s1. The molecule has 0 amide bonds. The van der Waals surface area contributed by atoms with E-state index in [9.17, 15) is 8.42 Å². The summed E-state index contributed by atoms with van der Waals surface area (Å²) in [5.74, 6) is 0. The number of hydrogen-bond donors (Lipinski definition) is 0. The van der Waals surface area contributed by atoms with E-state index in [1.165, 1.54) is 0 Å². The van der Waals surface area contributed by atoms with Crippen LogP contribution in [-0.2, 0) is 34.3 Å². The molecule has 1 atom stereocenters. The third kappa shape index (κ3) is 4.02. The molecule has 4 aromatic rings. The number of pyridine rings is 2. The van der Waals surface area contributed by atoms with Gasteiger partial charge in [0.25, 0.3) is 0 Å². The third-order valence-electron chi connectivity index (χ3n) is 5.80. The molecule has 6 nitrogen and oxygen atoms in total. The molecule has 5 rings (SSSR count). The maximum atomic E-state index is 14.1. The number of benzene rings is 2. The van der Waals surface area contributed by atoms with Gasteiger partial charge in [-0.25, -0.2) is 8.42 Å². The van der Waals surface area contributed by atoms with Crippen LogP contribution in [0.5, 0.6) is 0 Å². The SMILES string of the molecule is O=S(=O)(c1cccc2cccnc12)N1Cc2ccccc2COC[C@H]1Cc1cccnc1. The van der Waals surface area contributed by atoms with E-state index in [2.05, 4.69) is 9.97 Å². The summed E-state index contributed by atoms with van der Waals surface area (Å²) < 4.78 is 35.7. The number of nitrogens with zero attached hydrogens (tertiary/aromatic N) is 3. The summed E-state index contributed by atoms with van der Waals surface area (Å²) in [5.41, 5.74) is 3.39. The fourth-order valence-corrected chi connectivity index (χ4v) is 5.94. The Balaban J connectivity index is 1.63. The van der Waals surface area contributed by atoms with Crippen LogP contribution in [0.25, 0.3) is 10.9 Å². The topological polar surface area (TPSA) is 72.4 Å². The number of hydrogen-bond acceptors (Lipinski definition) is 5. The number of para-hydroxylation sites is 1. The maximum absolute atomic E-state index is 14.1. The third-order valence-corrected chi connectivity index (χ3v) is 7.73. The Bertz CT molecular complexity index is 1340. The van der Waals surface area contributed by atoms with Crippen molar-refractivity contribution in [2.45, 2.75) is 30.5 Å². The average Bonchev–Trinajstić information content (AvgIpc) is 2.81. The van der Waals surface area contributed by atoms with Gasteiger partial charge < -0.3 is 4.74 Å². The molecule has 32 heavy (non-hydrogen) atoms. The van der Waals surface area contributed by atoms with Crippen molar-refractivity contribution >= 4 is 20.9 Å². The molecule has 0 saturated carbocycles. The van der Waals surface area contributed by atoms with Gasteiger partial charge in [-0.15, -0.1) is 0 Å². The Hall–Kier alpha value is -3.13. The molecule has 2 aromatic carbocycles. The van der Waals surface area contributed by atoms with Crippen LogP contribution in [0.4, 0.5) is 0 Å². The van der Waals surface area contributed by atoms with Crippen molar-refractivity contribution in [2.24, 2.45) is 0 Å². The largest absolute Gasteiger partial charge is 0.375 e. The monoisotopic (exact) mass is 445 g/mol. The van der Waals surface area contributed by atoms with Crippen LogP contribution in [0.1, 0.15) is 16.7 Å². The van der Waals surface area contributed by atoms with Gasteiger partial charge in [-0.1, -0.05) is 48.5 Å². The predicted molar refractivity (Wildman–Crippen MR) is 122 cm³/mol. The highest BCUT2D eigenvalue weighted by Crippen LogP contribution is 2.30. The lowest BCUT2D eigenvalue weighted by Crippen LogP contribution is -2.45. The molecule has 0 fully saturated rings. The summed E-state index contributed by atoms with van der Waals surface area (Å²) in [6.45, 7) is 1.03. The molecule has 0 spiro atoms. The summed E-state index contributed by atoms with van der Waals surface area (Å²) in [6.07, 6.45) is 5.62. The molecule has 162 valence electrons. The summed E-state index contributed by atoms with van der Waals surface area (Å²) >= 11 is 0. The number of aromatic nitrogens is 2. The smallest absolute Gasteiger partial charge is 0.245 e. The Morgan fingerprint density at radius 1 is 0.938 bits per heavy atom. The first-order chi connectivity index (χ1) is 15.6.